The smallest absolute Gasteiger partial charge is 0.262 e. The summed E-state index contributed by atoms with van der Waals surface area (Å²) in [5, 5.41) is 5.11. The van der Waals surface area contributed by atoms with E-state index in [9.17, 15) is 9.18 Å². The van der Waals surface area contributed by atoms with E-state index in [1.54, 1.807) is 23.7 Å². The van der Waals surface area contributed by atoms with Gasteiger partial charge in [0.25, 0.3) is 5.56 Å². The van der Waals surface area contributed by atoms with Gasteiger partial charge in [0, 0.05) is 5.56 Å². The molecule has 5 rings (SSSR count). The third-order valence-corrected chi connectivity index (χ3v) is 4.78. The summed E-state index contributed by atoms with van der Waals surface area (Å²) >= 11 is 0. The molecule has 1 N–H and O–H groups in total. The number of H-pyrrole nitrogens is 1. The number of nitrogens with zero attached hydrogens (tertiary/aromatic N) is 3. The Hall–Kier alpha value is -4.00. The summed E-state index contributed by atoms with van der Waals surface area (Å²) in [7, 11) is 0. The second kappa shape index (κ2) is 6.56. The number of hydrogen-bond acceptors (Lipinski definition) is 4. The number of aromatic nitrogens is 4. The molecule has 0 saturated carbocycles. The van der Waals surface area contributed by atoms with Crippen molar-refractivity contribution in [2.45, 2.75) is 6.92 Å². The summed E-state index contributed by atoms with van der Waals surface area (Å²) in [6, 6.07) is 17.7. The molecule has 5 aromatic rings. The van der Waals surface area contributed by atoms with Crippen molar-refractivity contribution in [2.75, 3.05) is 0 Å². The number of furan rings is 1. The van der Waals surface area contributed by atoms with E-state index in [2.05, 4.69) is 9.97 Å². The predicted molar refractivity (Wildman–Crippen MR) is 107 cm³/mol. The first-order valence-electron chi connectivity index (χ1n) is 9.00. The minimum absolute atomic E-state index is 0.263. The maximum Gasteiger partial charge on any atom is 0.262 e. The SMILES string of the molecule is Cc1oc2nc[nH]c(=O)c2c1-c1cc(-c2ccc(F)cc2)n(-c2ccccc2)n1. The maximum absolute atomic E-state index is 13.4. The van der Waals surface area contributed by atoms with E-state index in [4.69, 9.17) is 9.52 Å². The molecule has 29 heavy (non-hydrogen) atoms. The Morgan fingerprint density at radius 1 is 1.07 bits per heavy atom. The van der Waals surface area contributed by atoms with Crippen LogP contribution >= 0.6 is 0 Å². The molecule has 3 aromatic heterocycles. The molecule has 0 unspecified atom stereocenters. The van der Waals surface area contributed by atoms with Crippen LogP contribution in [0.3, 0.4) is 0 Å². The molecule has 142 valence electrons. The summed E-state index contributed by atoms with van der Waals surface area (Å²) < 4.78 is 20.9. The minimum atomic E-state index is -0.311. The van der Waals surface area contributed by atoms with Crippen LogP contribution in [0.25, 0.3) is 39.3 Å². The van der Waals surface area contributed by atoms with E-state index in [0.29, 0.717) is 22.4 Å². The van der Waals surface area contributed by atoms with Gasteiger partial charge in [-0.3, -0.25) is 4.79 Å². The number of para-hydroxylation sites is 1. The van der Waals surface area contributed by atoms with Crippen molar-refractivity contribution in [3.05, 3.63) is 88.9 Å². The summed E-state index contributed by atoms with van der Waals surface area (Å²) in [6.45, 7) is 1.77. The maximum atomic E-state index is 13.4. The zero-order valence-corrected chi connectivity index (χ0v) is 15.4. The van der Waals surface area contributed by atoms with Crippen LogP contribution < -0.4 is 5.56 Å². The Bertz CT molecular complexity index is 1380. The summed E-state index contributed by atoms with van der Waals surface area (Å²) in [6.07, 6.45) is 1.31. The van der Waals surface area contributed by atoms with E-state index in [-0.39, 0.29) is 17.1 Å². The van der Waals surface area contributed by atoms with Gasteiger partial charge in [-0.1, -0.05) is 18.2 Å². The molecule has 0 bridgehead atoms. The number of hydrogen-bond donors (Lipinski definition) is 1. The molecule has 7 heteroatoms. The summed E-state index contributed by atoms with van der Waals surface area (Å²) in [5.41, 5.74) is 3.54. The lowest BCUT2D eigenvalue weighted by molar-refractivity contribution is 0.568. The van der Waals surface area contributed by atoms with Crippen molar-refractivity contribution < 1.29 is 8.81 Å². The number of benzene rings is 2. The average molecular weight is 386 g/mol. The lowest BCUT2D eigenvalue weighted by Gasteiger charge is -2.07. The molecule has 0 amide bonds. The van der Waals surface area contributed by atoms with E-state index in [0.717, 1.165) is 16.9 Å². The number of aromatic amines is 1. The molecule has 0 fully saturated rings. The number of halogens is 1. The van der Waals surface area contributed by atoms with Crippen LogP contribution in [-0.2, 0) is 0 Å². The molecular formula is C22H15FN4O2. The van der Waals surface area contributed by atoms with Crippen molar-refractivity contribution in [1.82, 2.24) is 19.7 Å². The highest BCUT2D eigenvalue weighted by molar-refractivity contribution is 5.92. The van der Waals surface area contributed by atoms with Crippen LogP contribution in [0.15, 0.2) is 76.2 Å². The highest BCUT2D eigenvalue weighted by Crippen LogP contribution is 2.34. The van der Waals surface area contributed by atoms with Gasteiger partial charge in [0.15, 0.2) is 0 Å². The van der Waals surface area contributed by atoms with Gasteiger partial charge >= 0.3 is 0 Å². The van der Waals surface area contributed by atoms with Gasteiger partial charge in [0.2, 0.25) is 5.71 Å². The molecular weight excluding hydrogens is 371 g/mol. The van der Waals surface area contributed by atoms with Crippen LogP contribution in [0.2, 0.25) is 0 Å². The van der Waals surface area contributed by atoms with Gasteiger partial charge in [0.05, 0.1) is 29.0 Å². The normalized spacial score (nSPS) is 11.2. The first-order valence-corrected chi connectivity index (χ1v) is 9.00. The summed E-state index contributed by atoms with van der Waals surface area (Å²) in [4.78, 5) is 19.1. The Labute approximate surface area is 164 Å². The quantitative estimate of drug-likeness (QED) is 0.496. The molecule has 2 aromatic carbocycles. The zero-order chi connectivity index (χ0) is 20.0. The number of aryl methyl sites for hydroxylation is 1. The predicted octanol–water partition coefficient (Wildman–Crippen LogP) is 4.48. The van der Waals surface area contributed by atoms with Gasteiger partial charge in [-0.15, -0.1) is 0 Å². The third-order valence-electron chi connectivity index (χ3n) is 4.78. The van der Waals surface area contributed by atoms with Crippen molar-refractivity contribution >= 4 is 11.1 Å². The molecule has 0 aliphatic heterocycles. The fourth-order valence-electron chi connectivity index (χ4n) is 3.46. The fourth-order valence-corrected chi connectivity index (χ4v) is 3.46. The molecule has 0 saturated heterocycles. The first kappa shape index (κ1) is 17.1. The molecule has 0 radical (unpaired) electrons. The Morgan fingerprint density at radius 2 is 1.83 bits per heavy atom. The average Bonchev–Trinajstić information content (AvgIpc) is 3.30. The number of nitrogens with one attached hydrogen (secondary N) is 1. The van der Waals surface area contributed by atoms with Gasteiger partial charge in [0.1, 0.15) is 17.0 Å². The lowest BCUT2D eigenvalue weighted by Crippen LogP contribution is -2.05. The van der Waals surface area contributed by atoms with E-state index in [1.165, 1.54) is 18.5 Å². The second-order valence-corrected chi connectivity index (χ2v) is 6.61. The standard InChI is InChI=1S/C22H15FN4O2/c1-13-19(20-21(28)24-12-25-22(20)29-13)17-11-18(14-7-9-15(23)10-8-14)27(26-17)16-5-3-2-4-6-16/h2-12H,1H3,(H,24,25,28). The molecule has 0 spiro atoms. The van der Waals surface area contributed by atoms with Gasteiger partial charge in [-0.25, -0.2) is 14.1 Å². The summed E-state index contributed by atoms with van der Waals surface area (Å²) in [5.74, 6) is 0.238. The van der Waals surface area contributed by atoms with E-state index >= 15 is 0 Å². The largest absolute Gasteiger partial charge is 0.442 e. The van der Waals surface area contributed by atoms with Crippen molar-refractivity contribution in [1.29, 1.82) is 0 Å². The molecule has 0 aliphatic carbocycles. The van der Waals surface area contributed by atoms with Gasteiger partial charge < -0.3 is 9.40 Å². The molecule has 0 aliphatic rings. The Balaban J connectivity index is 1.79. The van der Waals surface area contributed by atoms with Gasteiger partial charge in [-0.2, -0.15) is 5.10 Å². The second-order valence-electron chi connectivity index (χ2n) is 6.61. The Kier molecular flexibility index (Phi) is 3.87. The van der Waals surface area contributed by atoms with Crippen molar-refractivity contribution in [3.8, 4) is 28.2 Å². The zero-order valence-electron chi connectivity index (χ0n) is 15.4. The van der Waals surface area contributed by atoms with Crippen molar-refractivity contribution in [2.24, 2.45) is 0 Å². The highest BCUT2D eigenvalue weighted by atomic mass is 19.1. The van der Waals surface area contributed by atoms with Crippen LogP contribution in [0.5, 0.6) is 0 Å². The van der Waals surface area contributed by atoms with E-state index in [1.807, 2.05) is 36.4 Å². The van der Waals surface area contributed by atoms with Crippen molar-refractivity contribution in [3.63, 3.8) is 0 Å². The third kappa shape index (κ3) is 2.84. The van der Waals surface area contributed by atoms with E-state index < -0.39 is 0 Å². The lowest BCUT2D eigenvalue weighted by atomic mass is 10.1. The van der Waals surface area contributed by atoms with Crippen LogP contribution in [0.1, 0.15) is 5.76 Å². The number of fused-ring (bicyclic) bond motifs is 1. The minimum Gasteiger partial charge on any atom is -0.442 e. The van der Waals surface area contributed by atoms with Gasteiger partial charge in [-0.05, 0) is 49.4 Å². The monoisotopic (exact) mass is 386 g/mol. The molecule has 3 heterocycles. The Morgan fingerprint density at radius 3 is 2.59 bits per heavy atom. The van der Waals surface area contributed by atoms with Crippen LogP contribution in [0, 0.1) is 12.7 Å². The fraction of sp³-hybridized carbons (Fsp3) is 0.0455. The first-order chi connectivity index (χ1) is 14.1. The highest BCUT2D eigenvalue weighted by Gasteiger charge is 2.21. The molecule has 0 atom stereocenters. The topological polar surface area (TPSA) is 76.7 Å². The number of rotatable bonds is 3. The molecule has 6 nitrogen and oxygen atoms in total. The van der Waals surface area contributed by atoms with Crippen LogP contribution in [-0.4, -0.2) is 19.7 Å². The van der Waals surface area contributed by atoms with Crippen LogP contribution in [0.4, 0.5) is 4.39 Å².